The highest BCUT2D eigenvalue weighted by Crippen LogP contribution is 2.36. The van der Waals surface area contributed by atoms with Crippen LogP contribution in [0.3, 0.4) is 0 Å². The number of non-ortho nitro benzene ring substituents is 1. The minimum atomic E-state index is -2.03. The number of nitro groups is 1. The number of carbonyl (C=O) groups excluding carboxylic acids is 4. The lowest BCUT2D eigenvalue weighted by Gasteiger charge is -2.34. The van der Waals surface area contributed by atoms with Crippen molar-refractivity contribution < 1.29 is 43.0 Å². The van der Waals surface area contributed by atoms with Gasteiger partial charge in [0.15, 0.2) is 5.41 Å². The van der Waals surface area contributed by atoms with Crippen LogP contribution in [0.25, 0.3) is 0 Å². The molecular weight excluding hydrogens is 596 g/mol. The predicted molar refractivity (Wildman–Crippen MR) is 170 cm³/mol. The molecule has 252 valence electrons. The molecular formula is C34H46N2O10. The van der Waals surface area contributed by atoms with E-state index in [0.717, 1.165) is 0 Å². The summed E-state index contributed by atoms with van der Waals surface area (Å²) in [6.07, 6.45) is -1.75. The Morgan fingerprint density at radius 1 is 0.739 bits per heavy atom. The summed E-state index contributed by atoms with van der Waals surface area (Å²) < 4.78 is 22.4. The number of alkyl carbamates (subject to hydrolysis) is 1. The number of hydrogen-bond acceptors (Lipinski definition) is 10. The lowest BCUT2D eigenvalue weighted by Crippen LogP contribution is -2.50. The second-order valence-electron chi connectivity index (χ2n) is 14.0. The molecule has 0 radical (unpaired) electrons. The first-order chi connectivity index (χ1) is 21.1. The first kappa shape index (κ1) is 37.7. The number of nitrogens with zero attached hydrogens (tertiary/aromatic N) is 1. The van der Waals surface area contributed by atoms with Gasteiger partial charge in [0.2, 0.25) is 0 Å². The normalized spacial score (nSPS) is 13.8. The van der Waals surface area contributed by atoms with Gasteiger partial charge in [0.1, 0.15) is 29.5 Å². The average Bonchev–Trinajstić information content (AvgIpc) is 2.91. The third kappa shape index (κ3) is 12.5. The first-order valence-corrected chi connectivity index (χ1v) is 15.0. The van der Waals surface area contributed by atoms with E-state index in [0.29, 0.717) is 11.1 Å². The highest BCUT2D eigenvalue weighted by molar-refractivity contribution is 6.00. The van der Waals surface area contributed by atoms with E-state index in [1.54, 1.807) is 92.6 Å². The smallest absolute Gasteiger partial charge is 0.408 e. The molecule has 0 aliphatic rings. The van der Waals surface area contributed by atoms with Crippen LogP contribution < -0.4 is 5.32 Å². The number of nitro benzene ring substituents is 1. The quantitative estimate of drug-likeness (QED) is 0.0925. The summed E-state index contributed by atoms with van der Waals surface area (Å²) in [6.45, 7) is 14.7. The van der Waals surface area contributed by atoms with E-state index >= 15 is 0 Å². The van der Waals surface area contributed by atoms with Gasteiger partial charge in [0, 0.05) is 12.1 Å². The monoisotopic (exact) mass is 642 g/mol. The molecule has 12 nitrogen and oxygen atoms in total. The van der Waals surface area contributed by atoms with Crippen molar-refractivity contribution in [1.29, 1.82) is 0 Å². The molecule has 2 atom stereocenters. The van der Waals surface area contributed by atoms with Gasteiger partial charge in [-0.25, -0.2) is 9.59 Å². The minimum absolute atomic E-state index is 0.157. The maximum Gasteiger partial charge on any atom is 0.408 e. The molecule has 0 aliphatic carbocycles. The van der Waals surface area contributed by atoms with Gasteiger partial charge in [-0.3, -0.25) is 19.7 Å². The number of nitrogens with one attached hydrogen (secondary N) is 1. The van der Waals surface area contributed by atoms with Crippen LogP contribution >= 0.6 is 0 Å². The van der Waals surface area contributed by atoms with E-state index in [4.69, 9.17) is 18.9 Å². The van der Waals surface area contributed by atoms with E-state index in [-0.39, 0.29) is 31.6 Å². The fourth-order valence-corrected chi connectivity index (χ4v) is 4.30. The molecule has 2 aromatic rings. The Kier molecular flexibility index (Phi) is 12.5. The highest BCUT2D eigenvalue weighted by atomic mass is 16.6. The predicted octanol–water partition coefficient (Wildman–Crippen LogP) is 6.22. The van der Waals surface area contributed by atoms with Gasteiger partial charge in [-0.2, -0.15) is 0 Å². The molecule has 0 heterocycles. The number of ether oxygens (including phenoxy) is 4. The van der Waals surface area contributed by atoms with Crippen LogP contribution in [0.2, 0.25) is 0 Å². The summed E-state index contributed by atoms with van der Waals surface area (Å²) in [7, 11) is 0. The summed E-state index contributed by atoms with van der Waals surface area (Å²) in [5, 5.41) is 13.8. The largest absolute Gasteiger partial charge is 0.460 e. The molecule has 1 amide bonds. The minimum Gasteiger partial charge on any atom is -0.460 e. The summed E-state index contributed by atoms with van der Waals surface area (Å²) >= 11 is 0. The fraction of sp³-hybridized carbons (Fsp3) is 0.529. The number of carbonyl (C=O) groups is 4. The van der Waals surface area contributed by atoms with Crippen LogP contribution in [-0.2, 0) is 46.4 Å². The van der Waals surface area contributed by atoms with Gasteiger partial charge < -0.3 is 24.3 Å². The average molecular weight is 643 g/mol. The molecule has 2 aromatic carbocycles. The maximum atomic E-state index is 14.1. The van der Waals surface area contributed by atoms with Crippen LogP contribution in [0.1, 0.15) is 86.3 Å². The lowest BCUT2D eigenvalue weighted by molar-refractivity contribution is -0.384. The summed E-state index contributed by atoms with van der Waals surface area (Å²) in [5.74, 6) is -2.65. The highest BCUT2D eigenvalue weighted by Gasteiger charge is 2.51. The number of amides is 1. The van der Waals surface area contributed by atoms with E-state index in [9.17, 15) is 29.3 Å². The molecule has 0 bridgehead atoms. The van der Waals surface area contributed by atoms with Crippen molar-refractivity contribution >= 4 is 29.7 Å². The van der Waals surface area contributed by atoms with E-state index in [1.807, 2.05) is 0 Å². The van der Waals surface area contributed by atoms with Gasteiger partial charge in [0.25, 0.3) is 5.69 Å². The van der Waals surface area contributed by atoms with Gasteiger partial charge in [-0.15, -0.1) is 0 Å². The summed E-state index contributed by atoms with van der Waals surface area (Å²) in [6, 6.07) is 12.9. The van der Waals surface area contributed by atoms with Crippen molar-refractivity contribution in [3.63, 3.8) is 0 Å². The topological polar surface area (TPSA) is 160 Å². The number of hydrogen-bond donors (Lipinski definition) is 1. The Morgan fingerprint density at radius 2 is 1.28 bits per heavy atom. The van der Waals surface area contributed by atoms with Crippen molar-refractivity contribution in [3.05, 3.63) is 75.8 Å². The Hall–Kier alpha value is -4.48. The van der Waals surface area contributed by atoms with Gasteiger partial charge in [0.05, 0.1) is 4.92 Å². The fourth-order valence-electron chi connectivity index (χ4n) is 4.30. The van der Waals surface area contributed by atoms with Crippen LogP contribution in [0, 0.1) is 15.5 Å². The number of benzene rings is 2. The first-order valence-electron chi connectivity index (χ1n) is 15.0. The Bertz CT molecular complexity index is 1370. The number of esters is 3. The third-order valence-electron chi connectivity index (χ3n) is 6.29. The molecule has 12 heteroatoms. The van der Waals surface area contributed by atoms with Crippen molar-refractivity contribution in [2.75, 3.05) is 0 Å². The van der Waals surface area contributed by atoms with Crippen LogP contribution in [-0.4, -0.2) is 51.8 Å². The number of rotatable bonds is 12. The Morgan fingerprint density at radius 3 is 1.78 bits per heavy atom. The second kappa shape index (κ2) is 15.2. The van der Waals surface area contributed by atoms with E-state index < -0.39 is 57.2 Å². The van der Waals surface area contributed by atoms with Gasteiger partial charge >= 0.3 is 24.0 Å². The van der Waals surface area contributed by atoms with Crippen LogP contribution in [0.15, 0.2) is 54.6 Å². The second-order valence-corrected chi connectivity index (χ2v) is 14.0. The van der Waals surface area contributed by atoms with Crippen molar-refractivity contribution in [1.82, 2.24) is 5.32 Å². The standard InChI is InChI=1S/C34H46N2O10/c1-31(2,3)44-27(37)26(35-30(40)46-33(7,8)9)19-20-34(29(39)45-32(4,5)6,21-23-15-17-25(18-16-23)36(41)42)28(38)43-22-24-13-11-10-12-14-24/h10-18,26H,19-22H2,1-9H3,(H,35,40)/t26-,34?/m0/s1. The summed E-state index contributed by atoms with van der Waals surface area (Å²) in [5.41, 5.74) is -3.94. The zero-order valence-corrected chi connectivity index (χ0v) is 28.1. The molecule has 0 spiro atoms. The zero-order chi connectivity index (χ0) is 34.9. The third-order valence-corrected chi connectivity index (χ3v) is 6.29. The molecule has 0 saturated heterocycles. The van der Waals surface area contributed by atoms with E-state index in [2.05, 4.69) is 5.32 Å². The molecule has 1 N–H and O–H groups in total. The molecule has 0 fully saturated rings. The molecule has 1 unspecified atom stereocenters. The van der Waals surface area contributed by atoms with Crippen molar-refractivity contribution in [2.45, 2.75) is 111 Å². The Balaban J connectivity index is 2.61. The molecule has 0 aromatic heterocycles. The van der Waals surface area contributed by atoms with Gasteiger partial charge in [-0.05, 0) is 92.7 Å². The SMILES string of the molecule is CC(C)(C)OC(=O)N[C@@H](CCC(Cc1ccc([N+](=O)[O-])cc1)(C(=O)OCc1ccccc1)C(=O)OC(C)(C)C)C(=O)OC(C)(C)C. The molecule has 0 aliphatic heterocycles. The molecule has 46 heavy (non-hydrogen) atoms. The molecule has 0 saturated carbocycles. The van der Waals surface area contributed by atoms with E-state index in [1.165, 1.54) is 24.3 Å². The van der Waals surface area contributed by atoms with Gasteiger partial charge in [-0.1, -0.05) is 42.5 Å². The zero-order valence-electron chi connectivity index (χ0n) is 28.1. The molecule has 2 rings (SSSR count). The van der Waals surface area contributed by atoms with Crippen molar-refractivity contribution in [3.8, 4) is 0 Å². The maximum absolute atomic E-state index is 14.1. The summed E-state index contributed by atoms with van der Waals surface area (Å²) in [4.78, 5) is 65.0. The lowest BCUT2D eigenvalue weighted by atomic mass is 9.76. The van der Waals surface area contributed by atoms with Crippen molar-refractivity contribution in [2.24, 2.45) is 5.41 Å². The van der Waals surface area contributed by atoms with Crippen LogP contribution in [0.5, 0.6) is 0 Å². The van der Waals surface area contributed by atoms with Crippen LogP contribution in [0.4, 0.5) is 10.5 Å². The Labute approximate surface area is 270 Å².